The molecular formula is C55H48F2IrN12-2. The Morgan fingerprint density at radius 1 is 0.457 bits per heavy atom. The predicted molar refractivity (Wildman–Crippen MR) is 270 cm³/mol. The van der Waals surface area contributed by atoms with Gasteiger partial charge in [-0.05, 0) is 103 Å². The second-order valence-corrected chi connectivity index (χ2v) is 17.9. The van der Waals surface area contributed by atoms with E-state index in [-0.39, 0.29) is 37.9 Å². The van der Waals surface area contributed by atoms with Gasteiger partial charge in [0.25, 0.3) is 0 Å². The van der Waals surface area contributed by atoms with Crippen molar-refractivity contribution in [1.82, 2.24) is 19.9 Å². The molecule has 11 heterocycles. The zero-order valence-electron chi connectivity index (χ0n) is 38.9. The summed E-state index contributed by atoms with van der Waals surface area (Å²) in [5.41, 5.74) is 13.0. The van der Waals surface area contributed by atoms with Crippen LogP contribution in [0.5, 0.6) is 0 Å². The van der Waals surface area contributed by atoms with Crippen molar-refractivity contribution >= 4 is 68.8 Å². The van der Waals surface area contributed by atoms with E-state index < -0.39 is 0 Å². The van der Waals surface area contributed by atoms with Crippen LogP contribution < -0.4 is 39.2 Å². The molecule has 15 rings (SSSR count). The zero-order valence-corrected chi connectivity index (χ0v) is 41.3. The fraction of sp³-hybridized carbons (Fsp3) is 0.182. The van der Waals surface area contributed by atoms with E-state index in [9.17, 15) is 8.78 Å². The Bertz CT molecular complexity index is 3120. The van der Waals surface area contributed by atoms with Crippen molar-refractivity contribution in [2.45, 2.75) is 37.8 Å². The van der Waals surface area contributed by atoms with Crippen molar-refractivity contribution in [3.05, 3.63) is 199 Å². The van der Waals surface area contributed by atoms with E-state index in [1.54, 1.807) is 24.5 Å². The third-order valence-corrected chi connectivity index (χ3v) is 14.0. The molecule has 3 atom stereocenters. The molecule has 4 aromatic carbocycles. The Morgan fingerprint density at radius 2 is 0.929 bits per heavy atom. The van der Waals surface area contributed by atoms with Gasteiger partial charge in [-0.25, -0.2) is 24.3 Å². The van der Waals surface area contributed by atoms with E-state index in [0.29, 0.717) is 12.3 Å². The van der Waals surface area contributed by atoms with Crippen LogP contribution in [0.3, 0.4) is 0 Å². The summed E-state index contributed by atoms with van der Waals surface area (Å²) in [6, 6.07) is 45.8. The number of hydrogen-bond donors (Lipinski definition) is 0. The Kier molecular flexibility index (Phi) is 11.6. The van der Waals surface area contributed by atoms with Crippen LogP contribution in [-0.2, 0) is 39.4 Å². The molecule has 8 aromatic rings. The molecule has 0 spiro atoms. The van der Waals surface area contributed by atoms with E-state index in [0.717, 1.165) is 70.8 Å². The van der Waals surface area contributed by atoms with Crippen molar-refractivity contribution in [2.24, 2.45) is 0 Å². The summed E-state index contributed by atoms with van der Waals surface area (Å²) in [6.07, 6.45) is 11.3. The Labute approximate surface area is 420 Å². The van der Waals surface area contributed by atoms with Gasteiger partial charge in [0, 0.05) is 108 Å². The molecule has 0 aliphatic carbocycles. The fourth-order valence-corrected chi connectivity index (χ4v) is 10.8. The molecule has 15 heteroatoms. The molecule has 0 N–H and O–H groups in total. The van der Waals surface area contributed by atoms with Crippen molar-refractivity contribution in [1.29, 1.82) is 0 Å². The molecule has 0 saturated carbocycles. The second kappa shape index (κ2) is 18.0. The van der Waals surface area contributed by atoms with Gasteiger partial charge in [-0.1, -0.05) is 36.4 Å². The molecule has 3 unspecified atom stereocenters. The van der Waals surface area contributed by atoms with Gasteiger partial charge in [0.2, 0.25) is 0 Å². The minimum Gasteiger partial charge on any atom is -0.492 e. The van der Waals surface area contributed by atoms with Gasteiger partial charge < -0.3 is 39.2 Å². The molecule has 1 radical (unpaired) electrons. The van der Waals surface area contributed by atoms with Crippen molar-refractivity contribution in [3.8, 4) is 0 Å². The van der Waals surface area contributed by atoms with Gasteiger partial charge in [0.15, 0.2) is 17.5 Å². The molecule has 4 aromatic heterocycles. The normalized spacial score (nSPS) is 18.3. The van der Waals surface area contributed by atoms with E-state index in [1.165, 1.54) is 52.1 Å². The van der Waals surface area contributed by atoms with Crippen LogP contribution >= 0.6 is 0 Å². The van der Waals surface area contributed by atoms with Gasteiger partial charge >= 0.3 is 0 Å². The number of likely N-dealkylation sites (N-methyl/N-ethyl adjacent to an activating group) is 3. The molecule has 7 aliphatic heterocycles. The van der Waals surface area contributed by atoms with Crippen LogP contribution in [0.4, 0.5) is 77.6 Å². The fourth-order valence-electron chi connectivity index (χ4n) is 10.8. The van der Waals surface area contributed by atoms with Gasteiger partial charge in [-0.3, -0.25) is 4.39 Å². The number of pyridine rings is 4. The summed E-state index contributed by atoms with van der Waals surface area (Å²) in [6.45, 7) is 1.90. The first-order valence-electron chi connectivity index (χ1n) is 23.1. The average molecular weight is 1110 g/mol. The zero-order chi connectivity index (χ0) is 46.9. The summed E-state index contributed by atoms with van der Waals surface area (Å²) < 4.78 is 26.1. The van der Waals surface area contributed by atoms with Crippen LogP contribution in [0.2, 0.25) is 0 Å². The summed E-state index contributed by atoms with van der Waals surface area (Å²) in [5, 5.41) is 0. The molecule has 0 bridgehead atoms. The predicted octanol–water partition coefficient (Wildman–Crippen LogP) is 10.5. The maximum atomic E-state index is 13.3. The monoisotopic (exact) mass is 1110 g/mol. The Balaban J connectivity index is 0.000000101. The van der Waals surface area contributed by atoms with E-state index in [4.69, 9.17) is 0 Å². The number of halogens is 2. The summed E-state index contributed by atoms with van der Waals surface area (Å²) >= 11 is 0. The first kappa shape index (κ1) is 44.9. The van der Waals surface area contributed by atoms with Crippen LogP contribution in [0.25, 0.3) is 0 Å². The number of rotatable bonds is 1. The molecule has 0 amide bonds. The smallest absolute Gasteiger partial charge is 0.158 e. The van der Waals surface area contributed by atoms with Gasteiger partial charge in [-0.2, -0.15) is 12.7 Å². The topological polar surface area (TPSA) is 77.5 Å². The standard InChI is InChI=1S/C14H12FN3.2C14H13N3.C13H10FN3.Ir/c1-17-12-3-2-6-16-14(12)18-11-5-4-10(15)7-9(11)8-13(17)18;1-16-13-9-10-5-2-3-6-11(10)17(13)12-7-4-8-15-14(12)16;1-16-12-7-4-8-15-14(12)17-11-6-3-2-5-10(11)9-13(16)17;1-16-9-17(11-6-4-10(14)5-7-11)12-3-2-8-15-13(12)16;/h2-7,13H,8H2,1H3;2*2-8,13H,9H2,1H3;2-6,8-9H,1H3;/q;;;-2;. The Morgan fingerprint density at radius 3 is 1.53 bits per heavy atom. The minimum absolute atomic E-state index is 0. The molecular weight excluding hydrogens is 1060 g/mol. The van der Waals surface area contributed by atoms with Crippen molar-refractivity contribution in [3.63, 3.8) is 0 Å². The van der Waals surface area contributed by atoms with E-state index >= 15 is 0 Å². The third-order valence-electron chi connectivity index (χ3n) is 14.0. The third kappa shape index (κ3) is 7.42. The molecule has 12 nitrogen and oxygen atoms in total. The number of hydrogen-bond acceptors (Lipinski definition) is 12. The molecule has 70 heavy (non-hydrogen) atoms. The van der Waals surface area contributed by atoms with E-state index in [1.807, 2.05) is 72.3 Å². The summed E-state index contributed by atoms with van der Waals surface area (Å²) in [5.74, 6) is 3.57. The quantitative estimate of drug-likeness (QED) is 0.147. The van der Waals surface area contributed by atoms with E-state index in [2.05, 4.69) is 143 Å². The second-order valence-electron chi connectivity index (χ2n) is 17.9. The molecule has 353 valence electrons. The number of fused-ring (bicyclic) bond motifs is 16. The van der Waals surface area contributed by atoms with Crippen molar-refractivity contribution in [2.75, 3.05) is 67.4 Å². The maximum absolute atomic E-state index is 13.3. The van der Waals surface area contributed by atoms with Crippen LogP contribution in [0.1, 0.15) is 16.7 Å². The number of anilines is 12. The minimum atomic E-state index is -0.285. The average Bonchev–Trinajstić information content (AvgIpc) is 4.26. The molecule has 7 aliphatic rings. The van der Waals surface area contributed by atoms with Gasteiger partial charge in [0.05, 0.1) is 22.7 Å². The summed E-state index contributed by atoms with van der Waals surface area (Å²) in [7, 11) is 8.27. The molecule has 0 saturated heterocycles. The van der Waals surface area contributed by atoms with Crippen LogP contribution in [0, 0.1) is 24.4 Å². The number of benzene rings is 4. The maximum Gasteiger partial charge on any atom is 0.158 e. The number of nitrogens with zero attached hydrogens (tertiary/aromatic N) is 12. The number of para-hydroxylation sites is 2. The van der Waals surface area contributed by atoms with Gasteiger partial charge in [-0.15, -0.1) is 23.9 Å². The first-order valence-corrected chi connectivity index (χ1v) is 23.1. The molecule has 0 fully saturated rings. The van der Waals surface area contributed by atoms with Crippen LogP contribution in [0.15, 0.2) is 158 Å². The first-order chi connectivity index (χ1) is 33.7. The van der Waals surface area contributed by atoms with Gasteiger partial charge in [0.1, 0.15) is 30.1 Å². The largest absolute Gasteiger partial charge is 0.492 e. The summed E-state index contributed by atoms with van der Waals surface area (Å²) in [4.78, 5) is 35.4. The SMILES string of the molecule is CN1[CH-]N(c2[c-]cc(F)cc2)c2cccnc21.CN1c2cccnc2N2c3ccc(F)cc3CC12.CN1c2cccnc2N2c3ccccc3CC12.CN1c2ncccc2N2c3ccccc3CC12.[Ir]. The number of aromatic nitrogens is 4. The van der Waals surface area contributed by atoms with Crippen LogP contribution in [-0.4, -0.2) is 66.6 Å². The van der Waals surface area contributed by atoms with Crippen molar-refractivity contribution < 1.29 is 28.9 Å². The Hall–Kier alpha value is -7.61.